The van der Waals surface area contributed by atoms with Crippen LogP contribution in [0, 0.1) is 0 Å². The largest absolute Gasteiger partial charge is 0.457 e. The van der Waals surface area contributed by atoms with Crippen molar-refractivity contribution in [2.45, 2.75) is 9.79 Å². The molecule has 0 bridgehead atoms. The minimum atomic E-state index is 0.0948. The monoisotopic (exact) mass is 950 g/mol. The Hall–Kier alpha value is -8.45. The number of anilines is 4. The third-order valence-electron chi connectivity index (χ3n) is 9.86. The Morgan fingerprint density at radius 2 is 0.638 bits per heavy atom. The number of nitrogen functional groups attached to an aromatic ring is 4. The molecule has 69 heavy (non-hydrogen) atoms. The van der Waals surface area contributed by atoms with E-state index in [0.717, 1.165) is 0 Å². The topological polar surface area (TPSA) is 215 Å². The van der Waals surface area contributed by atoms with Gasteiger partial charge in [-0.3, -0.25) is 0 Å². The number of ether oxygens (including phenoxy) is 4. The second-order valence-corrected chi connectivity index (χ2v) is 15.7. The predicted octanol–water partition coefficient (Wildman–Crippen LogP) is 12.4. The van der Waals surface area contributed by atoms with E-state index in [-0.39, 0.29) is 34.5 Å². The van der Waals surface area contributed by atoms with E-state index in [2.05, 4.69) is 0 Å². The third kappa shape index (κ3) is 11.4. The number of rotatable bonds is 20. The van der Waals surface area contributed by atoms with Crippen molar-refractivity contribution < 1.29 is 58.0 Å². The quantitative estimate of drug-likeness (QED) is 0.0317. The Labute approximate surface area is 401 Å². The first-order valence-corrected chi connectivity index (χ1v) is 21.7. The summed E-state index contributed by atoms with van der Waals surface area (Å²) >= 11 is 1.26. The Bertz CT molecular complexity index is 2840. The molecular weight excluding hydrogens is 905 g/mol. The molecule has 0 saturated carbocycles. The lowest BCUT2D eigenvalue weighted by molar-refractivity contribution is -0.186. The Morgan fingerprint density at radius 1 is 0.319 bits per heavy atom. The molecule has 16 nitrogen and oxygen atoms in total. The summed E-state index contributed by atoms with van der Waals surface area (Å²) < 4.78 is 25.3. The molecule has 0 spiro atoms. The minimum Gasteiger partial charge on any atom is -0.457 e. The summed E-state index contributed by atoms with van der Waals surface area (Å²) in [4.78, 5) is 46.2. The van der Waals surface area contributed by atoms with Crippen molar-refractivity contribution in [3.63, 3.8) is 0 Å². The average Bonchev–Trinajstić information content (AvgIpc) is 3.32. The fourth-order valence-corrected chi connectivity index (χ4v) is 8.23. The van der Waals surface area contributed by atoms with E-state index >= 15 is 0 Å². The van der Waals surface area contributed by atoms with E-state index in [1.54, 1.807) is 109 Å². The van der Waals surface area contributed by atoms with Crippen molar-refractivity contribution >= 4 is 34.5 Å². The maximum Gasteiger partial charge on any atom is 0.220 e. The SMILES string of the molecule is COOc1cc(Sc2cc(OOC)c(Oc3cccc(N)c3)c(OOC)c2-c2ccc(Oc3cccc(N)c3)cc2)c(-c2ccc(Oc3cccc(N)c3)cc2)c(OOC)c1Oc1cccc(N)c1. The molecule has 0 aliphatic heterocycles. The second kappa shape index (κ2) is 21.9. The van der Waals surface area contributed by atoms with Gasteiger partial charge in [0, 0.05) is 80.1 Å². The summed E-state index contributed by atoms with van der Waals surface area (Å²) in [5, 5.41) is 0. The molecule has 0 heterocycles. The molecular formula is C52H46N4O12S. The van der Waals surface area contributed by atoms with Crippen LogP contribution in [0.4, 0.5) is 22.7 Å². The molecule has 17 heteroatoms. The zero-order chi connectivity index (χ0) is 48.3. The molecule has 0 saturated heterocycles. The van der Waals surface area contributed by atoms with E-state index in [1.807, 2.05) is 48.5 Å². The summed E-state index contributed by atoms with van der Waals surface area (Å²) in [7, 11) is 5.46. The molecule has 352 valence electrons. The van der Waals surface area contributed by atoms with Crippen LogP contribution in [0.2, 0.25) is 0 Å². The Kier molecular flexibility index (Phi) is 14.9. The molecule has 0 amide bonds. The van der Waals surface area contributed by atoms with Gasteiger partial charge in [-0.05, 0) is 83.9 Å². The molecule has 0 aromatic heterocycles. The van der Waals surface area contributed by atoms with Gasteiger partial charge in [0.2, 0.25) is 34.5 Å². The van der Waals surface area contributed by atoms with Gasteiger partial charge in [0.15, 0.2) is 0 Å². The zero-order valence-corrected chi connectivity index (χ0v) is 38.4. The first kappa shape index (κ1) is 47.1. The number of hydrogen-bond donors (Lipinski definition) is 4. The lowest BCUT2D eigenvalue weighted by Crippen LogP contribution is -2.04. The molecule has 0 aliphatic carbocycles. The van der Waals surface area contributed by atoms with Crippen molar-refractivity contribution in [2.75, 3.05) is 51.4 Å². The zero-order valence-electron chi connectivity index (χ0n) is 37.6. The van der Waals surface area contributed by atoms with Crippen molar-refractivity contribution in [3.05, 3.63) is 158 Å². The van der Waals surface area contributed by atoms with Gasteiger partial charge < -0.3 is 61.4 Å². The van der Waals surface area contributed by atoms with Crippen LogP contribution in [0.3, 0.4) is 0 Å². The van der Waals surface area contributed by atoms with Gasteiger partial charge in [-0.2, -0.15) is 19.6 Å². The molecule has 8 rings (SSSR count). The van der Waals surface area contributed by atoms with E-state index in [9.17, 15) is 0 Å². The van der Waals surface area contributed by atoms with Gasteiger partial charge in [0.05, 0.1) is 28.4 Å². The summed E-state index contributed by atoms with van der Waals surface area (Å²) in [6, 6.07) is 46.1. The lowest BCUT2D eigenvalue weighted by Gasteiger charge is -2.23. The molecule has 8 aromatic carbocycles. The average molecular weight is 951 g/mol. The van der Waals surface area contributed by atoms with Crippen LogP contribution < -0.4 is 61.4 Å². The highest BCUT2D eigenvalue weighted by molar-refractivity contribution is 7.99. The second-order valence-electron chi connectivity index (χ2n) is 14.7. The van der Waals surface area contributed by atoms with Crippen LogP contribution >= 0.6 is 11.8 Å². The maximum absolute atomic E-state index is 6.49. The number of benzene rings is 8. The molecule has 0 aliphatic rings. The van der Waals surface area contributed by atoms with Crippen LogP contribution in [0.25, 0.3) is 22.3 Å². The van der Waals surface area contributed by atoms with Crippen LogP contribution in [-0.2, 0) is 19.6 Å². The lowest BCUT2D eigenvalue weighted by atomic mass is 10.0. The van der Waals surface area contributed by atoms with Gasteiger partial charge in [-0.15, -0.1) is 0 Å². The van der Waals surface area contributed by atoms with Gasteiger partial charge in [-0.25, -0.2) is 0 Å². The number of nitrogens with two attached hydrogens (primary N) is 4. The van der Waals surface area contributed by atoms with E-state index in [0.29, 0.717) is 89.3 Å². The Morgan fingerprint density at radius 3 is 0.942 bits per heavy atom. The van der Waals surface area contributed by atoms with Crippen LogP contribution in [0.5, 0.6) is 69.0 Å². The standard InChI is InChI=1S/C52H46N4O12S/c1-57-65-43-29-45(47(51(67-59-3)49(43)63-41-15-7-11-35(55)27-41)31-17-21-37(22-18-31)61-39-13-5-9-33(53)25-39)69-46-30-44(66-58-2)50(64-42-16-8-12-36(56)28-42)52(68-60-4)48(46)32-19-23-38(24-20-32)62-40-14-6-10-34(54)26-40/h5-30H,53-56H2,1-4H3. The Balaban J connectivity index is 1.35. The van der Waals surface area contributed by atoms with E-state index in [4.69, 9.17) is 81.0 Å². The fraction of sp³-hybridized carbons (Fsp3) is 0.0769. The summed E-state index contributed by atoms with van der Waals surface area (Å²) in [6.45, 7) is 0. The van der Waals surface area contributed by atoms with Gasteiger partial charge in [-0.1, -0.05) is 60.3 Å². The highest BCUT2D eigenvalue weighted by atomic mass is 32.2. The van der Waals surface area contributed by atoms with E-state index in [1.165, 1.54) is 40.2 Å². The predicted molar refractivity (Wildman–Crippen MR) is 262 cm³/mol. The van der Waals surface area contributed by atoms with Crippen LogP contribution in [-0.4, -0.2) is 28.4 Å². The molecule has 0 unspecified atom stereocenters. The molecule has 0 radical (unpaired) electrons. The molecule has 0 fully saturated rings. The highest BCUT2D eigenvalue weighted by Crippen LogP contribution is 2.57. The van der Waals surface area contributed by atoms with Crippen molar-refractivity contribution in [1.82, 2.24) is 0 Å². The first-order valence-electron chi connectivity index (χ1n) is 20.9. The molecule has 0 atom stereocenters. The van der Waals surface area contributed by atoms with Crippen molar-refractivity contribution in [1.29, 1.82) is 0 Å². The smallest absolute Gasteiger partial charge is 0.220 e. The first-order chi connectivity index (χ1) is 33.6. The summed E-state index contributed by atoms with van der Waals surface area (Å²) in [5.74, 6) is 3.55. The number of hydrogen-bond acceptors (Lipinski definition) is 17. The fourth-order valence-electron chi connectivity index (χ4n) is 7.04. The van der Waals surface area contributed by atoms with Gasteiger partial charge in [0.1, 0.15) is 34.5 Å². The highest BCUT2D eigenvalue weighted by Gasteiger charge is 2.31. The normalized spacial score (nSPS) is 10.8. The molecule has 8 N–H and O–H groups in total. The summed E-state index contributed by atoms with van der Waals surface area (Å²) in [5.41, 5.74) is 28.7. The van der Waals surface area contributed by atoms with Gasteiger partial charge >= 0.3 is 0 Å². The molecule has 8 aromatic rings. The third-order valence-corrected chi connectivity index (χ3v) is 10.9. The van der Waals surface area contributed by atoms with Gasteiger partial charge in [0.25, 0.3) is 0 Å². The minimum absolute atomic E-state index is 0.0948. The van der Waals surface area contributed by atoms with Crippen LogP contribution in [0.1, 0.15) is 0 Å². The van der Waals surface area contributed by atoms with Crippen molar-refractivity contribution in [3.8, 4) is 91.2 Å². The van der Waals surface area contributed by atoms with E-state index < -0.39 is 0 Å². The van der Waals surface area contributed by atoms with Crippen LogP contribution in [0.15, 0.2) is 168 Å². The van der Waals surface area contributed by atoms with Crippen molar-refractivity contribution in [2.24, 2.45) is 0 Å². The summed E-state index contributed by atoms with van der Waals surface area (Å²) in [6.07, 6.45) is 0. The maximum atomic E-state index is 6.49.